The number of halogens is 3. The van der Waals surface area contributed by atoms with Crippen LogP contribution in [0, 0.1) is 0 Å². The smallest absolute Gasteiger partial charge is 0.323 e. The van der Waals surface area contributed by atoms with E-state index in [-0.39, 0.29) is 5.13 Å². The molecule has 0 atom stereocenters. The molecule has 0 saturated carbocycles. The molecule has 21 heavy (non-hydrogen) atoms. The van der Waals surface area contributed by atoms with Crippen LogP contribution in [-0.4, -0.2) is 32.7 Å². The molecule has 0 aliphatic rings. The van der Waals surface area contributed by atoms with Gasteiger partial charge in [-0.25, -0.2) is 13.6 Å². The summed E-state index contributed by atoms with van der Waals surface area (Å²) in [6.07, 6.45) is -0.973. The molecule has 2 aromatic heterocycles. The summed E-state index contributed by atoms with van der Waals surface area (Å²) in [5, 5.41) is 9.39. The van der Waals surface area contributed by atoms with E-state index in [4.69, 9.17) is 11.6 Å². The van der Waals surface area contributed by atoms with E-state index >= 15 is 0 Å². The van der Waals surface area contributed by atoms with Crippen molar-refractivity contribution in [3.8, 4) is 0 Å². The monoisotopic (exact) mass is 335 g/mol. The number of amides is 2. The van der Waals surface area contributed by atoms with E-state index in [9.17, 15) is 13.6 Å². The standard InChI is InChI=1S/C11H12ClF2N5OS/c1-18-4-6(12)3-7(18)5-19(2)11(20)15-10-17-16-9(21-10)8(13)14/h3-4,8H,5H2,1-2H3,(H,15,17,20). The van der Waals surface area contributed by atoms with Crippen molar-refractivity contribution in [3.05, 3.63) is 28.0 Å². The van der Waals surface area contributed by atoms with E-state index < -0.39 is 17.5 Å². The molecule has 2 rings (SSSR count). The van der Waals surface area contributed by atoms with Crippen LogP contribution in [0.25, 0.3) is 0 Å². The Morgan fingerprint density at radius 3 is 2.81 bits per heavy atom. The van der Waals surface area contributed by atoms with Crippen molar-refractivity contribution in [1.82, 2.24) is 19.7 Å². The highest BCUT2D eigenvalue weighted by molar-refractivity contribution is 7.15. The van der Waals surface area contributed by atoms with Crippen LogP contribution >= 0.6 is 22.9 Å². The Bertz CT molecular complexity index is 644. The summed E-state index contributed by atoms with van der Waals surface area (Å²) in [6, 6.07) is 1.27. The number of carbonyl (C=O) groups is 1. The average molecular weight is 336 g/mol. The van der Waals surface area contributed by atoms with Crippen LogP contribution in [0.5, 0.6) is 0 Å². The van der Waals surface area contributed by atoms with Crippen molar-refractivity contribution in [1.29, 1.82) is 0 Å². The van der Waals surface area contributed by atoms with Gasteiger partial charge in [-0.15, -0.1) is 10.2 Å². The number of nitrogens with one attached hydrogen (secondary N) is 1. The van der Waals surface area contributed by atoms with Crippen LogP contribution in [0.15, 0.2) is 12.3 Å². The number of nitrogens with zero attached hydrogens (tertiary/aromatic N) is 4. The third-order valence-electron chi connectivity index (χ3n) is 2.66. The molecular weight excluding hydrogens is 324 g/mol. The van der Waals surface area contributed by atoms with E-state index in [1.54, 1.807) is 23.9 Å². The normalized spacial score (nSPS) is 11.0. The molecule has 1 N–H and O–H groups in total. The highest BCUT2D eigenvalue weighted by atomic mass is 35.5. The molecule has 2 amide bonds. The lowest BCUT2D eigenvalue weighted by Crippen LogP contribution is -2.31. The molecular formula is C11H12ClF2N5OS. The number of aryl methyl sites for hydroxylation is 1. The minimum Gasteiger partial charge on any atom is -0.351 e. The van der Waals surface area contributed by atoms with E-state index in [0.29, 0.717) is 22.9 Å². The van der Waals surface area contributed by atoms with Crippen molar-refractivity contribution >= 4 is 34.1 Å². The van der Waals surface area contributed by atoms with E-state index in [2.05, 4.69) is 15.5 Å². The molecule has 2 heterocycles. The van der Waals surface area contributed by atoms with Gasteiger partial charge < -0.3 is 9.47 Å². The topological polar surface area (TPSA) is 63.1 Å². The zero-order valence-corrected chi connectivity index (χ0v) is 12.8. The third-order valence-corrected chi connectivity index (χ3v) is 3.71. The highest BCUT2D eigenvalue weighted by Crippen LogP contribution is 2.25. The maximum atomic E-state index is 12.4. The quantitative estimate of drug-likeness (QED) is 0.933. The van der Waals surface area contributed by atoms with Gasteiger partial charge in [0.1, 0.15) is 0 Å². The summed E-state index contributed by atoms with van der Waals surface area (Å²) in [5.41, 5.74) is 0.836. The zero-order valence-electron chi connectivity index (χ0n) is 11.2. The maximum absolute atomic E-state index is 12.4. The van der Waals surface area contributed by atoms with Gasteiger partial charge in [-0.1, -0.05) is 22.9 Å². The average Bonchev–Trinajstić information content (AvgIpc) is 2.97. The second-order valence-electron chi connectivity index (χ2n) is 4.29. The fourth-order valence-corrected chi connectivity index (χ4v) is 2.46. The lowest BCUT2D eigenvalue weighted by Gasteiger charge is -2.17. The minimum absolute atomic E-state index is 0.0343. The highest BCUT2D eigenvalue weighted by Gasteiger charge is 2.17. The first-order valence-electron chi connectivity index (χ1n) is 5.81. The Hall–Kier alpha value is -1.74. The molecule has 6 nitrogen and oxygen atoms in total. The Balaban J connectivity index is 1.97. The van der Waals surface area contributed by atoms with Crippen molar-refractivity contribution < 1.29 is 13.6 Å². The number of rotatable bonds is 4. The second kappa shape index (κ2) is 6.35. The summed E-state index contributed by atoms with van der Waals surface area (Å²) in [4.78, 5) is 13.3. The summed E-state index contributed by atoms with van der Waals surface area (Å²) < 4.78 is 26.6. The van der Waals surface area contributed by atoms with E-state index in [0.717, 1.165) is 5.69 Å². The van der Waals surface area contributed by atoms with Crippen LogP contribution in [0.4, 0.5) is 18.7 Å². The molecule has 114 valence electrons. The van der Waals surface area contributed by atoms with Gasteiger partial charge in [-0.05, 0) is 6.07 Å². The number of carbonyl (C=O) groups excluding carboxylic acids is 1. The van der Waals surface area contributed by atoms with Gasteiger partial charge >= 0.3 is 6.03 Å². The Morgan fingerprint density at radius 1 is 1.57 bits per heavy atom. The zero-order chi connectivity index (χ0) is 15.6. The molecule has 10 heteroatoms. The number of aromatic nitrogens is 3. The van der Waals surface area contributed by atoms with Gasteiger partial charge in [0.2, 0.25) is 5.13 Å². The van der Waals surface area contributed by atoms with Crippen molar-refractivity contribution in [3.63, 3.8) is 0 Å². The molecule has 0 saturated heterocycles. The maximum Gasteiger partial charge on any atom is 0.323 e. The first-order valence-corrected chi connectivity index (χ1v) is 7.00. The van der Waals surface area contributed by atoms with Gasteiger partial charge in [0, 0.05) is 26.0 Å². The first kappa shape index (κ1) is 15.6. The Morgan fingerprint density at radius 2 is 2.29 bits per heavy atom. The van der Waals surface area contributed by atoms with Gasteiger partial charge in [0.15, 0.2) is 5.01 Å². The largest absolute Gasteiger partial charge is 0.351 e. The number of hydrogen-bond donors (Lipinski definition) is 1. The second-order valence-corrected chi connectivity index (χ2v) is 5.74. The number of hydrogen-bond acceptors (Lipinski definition) is 4. The fraction of sp³-hybridized carbons (Fsp3) is 0.364. The van der Waals surface area contributed by atoms with Crippen LogP contribution in [0.2, 0.25) is 5.02 Å². The predicted molar refractivity (Wildman–Crippen MR) is 75.8 cm³/mol. The number of urea groups is 1. The third kappa shape index (κ3) is 3.88. The molecule has 0 fully saturated rings. The molecule has 0 aliphatic heterocycles. The van der Waals surface area contributed by atoms with Gasteiger partial charge in [-0.2, -0.15) is 0 Å². The summed E-state index contributed by atoms with van der Waals surface area (Å²) in [5.74, 6) is 0. The lowest BCUT2D eigenvalue weighted by molar-refractivity contribution is 0.150. The van der Waals surface area contributed by atoms with Gasteiger partial charge in [0.25, 0.3) is 6.43 Å². The molecule has 0 aliphatic carbocycles. The Kier molecular flexibility index (Phi) is 4.73. The summed E-state index contributed by atoms with van der Waals surface area (Å²) >= 11 is 6.51. The summed E-state index contributed by atoms with van der Waals surface area (Å²) in [6.45, 7) is 0.315. The van der Waals surface area contributed by atoms with Crippen LogP contribution in [0.1, 0.15) is 17.1 Å². The fourth-order valence-electron chi connectivity index (χ4n) is 1.60. The van der Waals surface area contributed by atoms with E-state index in [1.165, 1.54) is 4.90 Å². The molecule has 0 radical (unpaired) electrons. The molecule has 0 unspecified atom stereocenters. The van der Waals surface area contributed by atoms with Gasteiger partial charge in [0.05, 0.1) is 11.6 Å². The SMILES string of the molecule is CN(Cc1cc(Cl)cn1C)C(=O)Nc1nnc(C(F)F)s1. The van der Waals surface area contributed by atoms with Crippen molar-refractivity contribution in [2.24, 2.45) is 7.05 Å². The lowest BCUT2D eigenvalue weighted by atomic mass is 10.4. The molecule has 0 spiro atoms. The van der Waals surface area contributed by atoms with E-state index in [1.807, 2.05) is 7.05 Å². The molecule has 0 aromatic carbocycles. The molecule has 0 bridgehead atoms. The van der Waals surface area contributed by atoms with Crippen LogP contribution in [0.3, 0.4) is 0 Å². The molecule has 2 aromatic rings. The number of anilines is 1. The van der Waals surface area contributed by atoms with Crippen molar-refractivity contribution in [2.45, 2.75) is 13.0 Å². The number of alkyl halides is 2. The van der Waals surface area contributed by atoms with Crippen LogP contribution in [-0.2, 0) is 13.6 Å². The first-order chi connectivity index (χ1) is 9.86. The van der Waals surface area contributed by atoms with Crippen molar-refractivity contribution in [2.75, 3.05) is 12.4 Å². The minimum atomic E-state index is -2.70. The van der Waals surface area contributed by atoms with Gasteiger partial charge in [-0.3, -0.25) is 5.32 Å². The summed E-state index contributed by atoms with van der Waals surface area (Å²) in [7, 11) is 3.39. The predicted octanol–water partition coefficient (Wildman–Crippen LogP) is 3.13. The van der Waals surface area contributed by atoms with Crippen LogP contribution < -0.4 is 5.32 Å². The Labute approximate surface area is 128 Å².